The van der Waals surface area contributed by atoms with Crippen LogP contribution in [0.15, 0.2) is 48.5 Å². The first kappa shape index (κ1) is 33.5. The summed E-state index contributed by atoms with van der Waals surface area (Å²) in [5, 5.41) is 0. The zero-order valence-corrected chi connectivity index (χ0v) is 27.5. The fourth-order valence-corrected chi connectivity index (χ4v) is 5.36. The highest BCUT2D eigenvalue weighted by molar-refractivity contribution is 5.75. The van der Waals surface area contributed by atoms with Crippen molar-refractivity contribution >= 4 is 11.9 Å². The molecule has 46 heavy (non-hydrogen) atoms. The Kier molecular flexibility index (Phi) is 11.7. The van der Waals surface area contributed by atoms with Gasteiger partial charge in [-0.1, -0.05) is 12.1 Å². The minimum Gasteiger partial charge on any atom is -0.494 e. The highest BCUT2D eigenvalue weighted by Gasteiger charge is 2.22. The van der Waals surface area contributed by atoms with Crippen molar-refractivity contribution in [2.24, 2.45) is 0 Å². The summed E-state index contributed by atoms with van der Waals surface area (Å²) >= 11 is 0. The van der Waals surface area contributed by atoms with E-state index in [0.29, 0.717) is 49.8 Å². The van der Waals surface area contributed by atoms with Gasteiger partial charge in [0, 0.05) is 12.8 Å². The van der Waals surface area contributed by atoms with Crippen LogP contribution in [0.1, 0.15) is 71.9 Å². The van der Waals surface area contributed by atoms with Gasteiger partial charge in [-0.2, -0.15) is 0 Å². The first-order valence-corrected chi connectivity index (χ1v) is 16.4. The molecule has 0 bridgehead atoms. The van der Waals surface area contributed by atoms with E-state index >= 15 is 0 Å². The van der Waals surface area contributed by atoms with Crippen molar-refractivity contribution in [3.63, 3.8) is 0 Å². The van der Waals surface area contributed by atoms with Gasteiger partial charge in [-0.15, -0.1) is 0 Å². The summed E-state index contributed by atoms with van der Waals surface area (Å²) in [4.78, 5) is 25.5. The molecule has 0 aromatic heterocycles. The van der Waals surface area contributed by atoms with Crippen molar-refractivity contribution in [2.45, 2.75) is 91.3 Å². The standard InChI is InChI=1S/C38H46O8/c1-25-21-31(41-19-5-7-33-23-43-33)13-9-29(25)11-17-37(39)45-35-15-16-36(28(4)27(35)3)46-38(40)18-12-30-10-14-32(22-26(30)2)42-20-6-8-34-24-44-34/h9-10,13-16,21-22,33-34H,5-8,11-12,17-20,23-24H2,1-4H3. The van der Waals surface area contributed by atoms with Crippen LogP contribution >= 0.6 is 0 Å². The molecule has 0 aliphatic carbocycles. The van der Waals surface area contributed by atoms with Crippen LogP contribution in [0.3, 0.4) is 0 Å². The first-order chi connectivity index (χ1) is 22.2. The summed E-state index contributed by atoms with van der Waals surface area (Å²) in [7, 11) is 0. The lowest BCUT2D eigenvalue weighted by Gasteiger charge is -2.14. The molecule has 0 spiro atoms. The first-order valence-electron chi connectivity index (χ1n) is 16.4. The number of hydrogen-bond acceptors (Lipinski definition) is 8. The monoisotopic (exact) mass is 630 g/mol. The van der Waals surface area contributed by atoms with Crippen molar-refractivity contribution in [1.29, 1.82) is 0 Å². The summed E-state index contributed by atoms with van der Waals surface area (Å²) in [6.45, 7) is 10.9. The van der Waals surface area contributed by atoms with Crippen LogP contribution in [-0.2, 0) is 31.9 Å². The van der Waals surface area contributed by atoms with Crippen molar-refractivity contribution < 1.29 is 38.0 Å². The Hall–Kier alpha value is -3.88. The van der Waals surface area contributed by atoms with Gasteiger partial charge >= 0.3 is 11.9 Å². The zero-order valence-electron chi connectivity index (χ0n) is 27.5. The van der Waals surface area contributed by atoms with Gasteiger partial charge in [0.15, 0.2) is 0 Å². The average Bonchev–Trinajstić information content (AvgIpc) is 3.97. The average molecular weight is 631 g/mol. The van der Waals surface area contributed by atoms with E-state index in [0.717, 1.165) is 83.8 Å². The van der Waals surface area contributed by atoms with Crippen LogP contribution < -0.4 is 18.9 Å². The lowest BCUT2D eigenvalue weighted by molar-refractivity contribution is -0.135. The van der Waals surface area contributed by atoms with Crippen molar-refractivity contribution in [3.8, 4) is 23.0 Å². The Balaban J connectivity index is 1.04. The molecule has 0 amide bonds. The Morgan fingerprint density at radius 1 is 0.652 bits per heavy atom. The summed E-state index contributed by atoms with van der Waals surface area (Å²) in [5.41, 5.74) is 5.86. The fraction of sp³-hybridized carbons (Fsp3) is 0.474. The molecule has 0 radical (unpaired) electrons. The van der Waals surface area contributed by atoms with Gasteiger partial charge in [0.2, 0.25) is 0 Å². The Labute approximate surface area is 272 Å². The van der Waals surface area contributed by atoms with Crippen LogP contribution in [-0.4, -0.2) is 50.6 Å². The Morgan fingerprint density at radius 3 is 1.43 bits per heavy atom. The molecule has 8 nitrogen and oxygen atoms in total. The van der Waals surface area contributed by atoms with E-state index in [-0.39, 0.29) is 24.8 Å². The predicted molar refractivity (Wildman–Crippen MR) is 175 cm³/mol. The molecule has 3 aromatic carbocycles. The molecule has 2 heterocycles. The van der Waals surface area contributed by atoms with E-state index in [9.17, 15) is 9.59 Å². The minimum atomic E-state index is -0.311. The SMILES string of the molecule is Cc1cc(OCCCC2CO2)ccc1CCC(=O)Oc1ccc(OC(=O)CCc2ccc(OCCCC3CO3)cc2C)c(C)c1C. The topological polar surface area (TPSA) is 96.1 Å². The van der Waals surface area contributed by atoms with Gasteiger partial charge in [0.25, 0.3) is 0 Å². The summed E-state index contributed by atoms with van der Waals surface area (Å²) < 4.78 is 33.6. The van der Waals surface area contributed by atoms with Crippen LogP contribution in [0.25, 0.3) is 0 Å². The van der Waals surface area contributed by atoms with E-state index in [2.05, 4.69) is 0 Å². The molecule has 2 saturated heterocycles. The van der Waals surface area contributed by atoms with E-state index in [4.69, 9.17) is 28.4 Å². The molecule has 0 N–H and O–H groups in total. The van der Waals surface area contributed by atoms with E-state index in [1.54, 1.807) is 12.1 Å². The molecule has 2 aliphatic rings. The van der Waals surface area contributed by atoms with Crippen LogP contribution in [0, 0.1) is 27.7 Å². The maximum atomic E-state index is 12.7. The normalized spacial score (nSPS) is 16.5. The summed E-state index contributed by atoms with van der Waals surface area (Å²) in [6, 6.07) is 15.3. The highest BCUT2D eigenvalue weighted by Crippen LogP contribution is 2.30. The number of carbonyl (C=O) groups excluding carboxylic acids is 2. The quantitative estimate of drug-likeness (QED) is 0.0635. The molecule has 0 saturated carbocycles. The molecule has 246 valence electrons. The number of epoxide rings is 2. The number of hydrogen-bond donors (Lipinski definition) is 0. The maximum Gasteiger partial charge on any atom is 0.311 e. The van der Waals surface area contributed by atoms with Crippen LogP contribution in [0.2, 0.25) is 0 Å². The lowest BCUT2D eigenvalue weighted by atomic mass is 10.0. The maximum absolute atomic E-state index is 12.7. The summed E-state index contributed by atoms with van der Waals surface area (Å²) in [6.07, 6.45) is 6.52. The molecule has 2 fully saturated rings. The number of esters is 2. The highest BCUT2D eigenvalue weighted by atomic mass is 16.6. The van der Waals surface area contributed by atoms with E-state index in [1.807, 2.05) is 64.1 Å². The molecule has 3 aromatic rings. The van der Waals surface area contributed by atoms with Gasteiger partial charge in [-0.05, 0) is 136 Å². The molecule has 2 aliphatic heterocycles. The van der Waals surface area contributed by atoms with Gasteiger partial charge in [-0.3, -0.25) is 9.59 Å². The Morgan fingerprint density at radius 2 is 1.07 bits per heavy atom. The molecule has 8 heteroatoms. The fourth-order valence-electron chi connectivity index (χ4n) is 5.36. The molecule has 5 rings (SSSR count). The number of benzene rings is 3. The smallest absolute Gasteiger partial charge is 0.311 e. The molecule has 2 atom stereocenters. The van der Waals surface area contributed by atoms with Crippen LogP contribution in [0.4, 0.5) is 0 Å². The van der Waals surface area contributed by atoms with Gasteiger partial charge in [-0.25, -0.2) is 0 Å². The van der Waals surface area contributed by atoms with Gasteiger partial charge < -0.3 is 28.4 Å². The second-order valence-corrected chi connectivity index (χ2v) is 12.3. The second-order valence-electron chi connectivity index (χ2n) is 12.3. The predicted octanol–water partition coefficient (Wildman–Crippen LogP) is 7.11. The Bertz CT molecular complexity index is 1390. The minimum absolute atomic E-state index is 0.250. The van der Waals surface area contributed by atoms with Gasteiger partial charge in [0.05, 0.1) is 38.6 Å². The lowest BCUT2D eigenvalue weighted by Crippen LogP contribution is -2.13. The largest absolute Gasteiger partial charge is 0.494 e. The number of ether oxygens (including phenoxy) is 6. The summed E-state index contributed by atoms with van der Waals surface area (Å²) in [5.74, 6) is 2.00. The molecule has 2 unspecified atom stereocenters. The van der Waals surface area contributed by atoms with Crippen LogP contribution in [0.5, 0.6) is 23.0 Å². The van der Waals surface area contributed by atoms with Crippen molar-refractivity contribution in [2.75, 3.05) is 26.4 Å². The van der Waals surface area contributed by atoms with Crippen molar-refractivity contribution in [3.05, 3.63) is 81.9 Å². The molecular formula is C38H46O8. The third kappa shape index (κ3) is 10.3. The second kappa shape index (κ2) is 16.1. The van der Waals surface area contributed by atoms with Gasteiger partial charge in [0.1, 0.15) is 23.0 Å². The zero-order chi connectivity index (χ0) is 32.5. The van der Waals surface area contributed by atoms with Crippen molar-refractivity contribution in [1.82, 2.24) is 0 Å². The third-order valence-electron chi connectivity index (χ3n) is 8.64. The van der Waals surface area contributed by atoms with E-state index < -0.39 is 0 Å². The number of aryl methyl sites for hydroxylation is 4. The third-order valence-corrected chi connectivity index (χ3v) is 8.64. The number of rotatable bonds is 18. The number of carbonyl (C=O) groups is 2. The van der Waals surface area contributed by atoms with E-state index in [1.165, 1.54) is 0 Å². The molecular weight excluding hydrogens is 584 g/mol.